The average molecular weight is 308 g/mol. The minimum Gasteiger partial charge on any atom is -0.429 e. The number of carbonyl (C=O) groups is 1. The Morgan fingerprint density at radius 3 is 2.05 bits per heavy atom. The minimum atomic E-state index is -5.59. The standard InChI is InChI=1S/C11H14F6O3/c1-8(2,3)20-7(18)19-6-4-5-9(12,13)11(16,17)10(6,14)15/h6H,4-5H2,1-3H3. The first-order valence-corrected chi connectivity index (χ1v) is 5.74. The Balaban J connectivity index is 2.86. The summed E-state index contributed by atoms with van der Waals surface area (Å²) < 4.78 is 87.2. The van der Waals surface area contributed by atoms with Gasteiger partial charge in [-0.3, -0.25) is 0 Å². The lowest BCUT2D eigenvalue weighted by atomic mass is 9.86. The van der Waals surface area contributed by atoms with Crippen LogP contribution < -0.4 is 0 Å². The molecule has 1 aliphatic rings. The maximum absolute atomic E-state index is 13.4. The summed E-state index contributed by atoms with van der Waals surface area (Å²) in [6.45, 7) is 4.20. The fraction of sp³-hybridized carbons (Fsp3) is 0.909. The molecule has 118 valence electrons. The SMILES string of the molecule is CC(C)(C)OC(=O)OC1CCC(F)(F)C(F)(F)C1(F)F. The maximum Gasteiger partial charge on any atom is 0.509 e. The molecule has 0 aromatic heterocycles. The van der Waals surface area contributed by atoms with Crippen molar-refractivity contribution >= 4 is 6.16 Å². The lowest BCUT2D eigenvalue weighted by Crippen LogP contribution is -2.64. The van der Waals surface area contributed by atoms with E-state index in [9.17, 15) is 31.1 Å². The summed E-state index contributed by atoms with van der Waals surface area (Å²) in [5.41, 5.74) is -1.09. The van der Waals surface area contributed by atoms with Crippen LogP contribution in [0.2, 0.25) is 0 Å². The van der Waals surface area contributed by atoms with Gasteiger partial charge < -0.3 is 9.47 Å². The van der Waals surface area contributed by atoms with Gasteiger partial charge in [0, 0.05) is 6.42 Å². The molecule has 1 atom stereocenters. The second-order valence-electron chi connectivity index (χ2n) is 5.51. The number of carbonyl (C=O) groups excluding carboxylic acids is 1. The Bertz CT molecular complexity index is 388. The van der Waals surface area contributed by atoms with Gasteiger partial charge in [-0.25, -0.2) is 4.79 Å². The molecule has 3 nitrogen and oxygen atoms in total. The maximum atomic E-state index is 13.4. The number of halogens is 6. The molecule has 0 radical (unpaired) electrons. The Morgan fingerprint density at radius 2 is 1.60 bits per heavy atom. The summed E-state index contributed by atoms with van der Waals surface area (Å²) in [4.78, 5) is 11.2. The monoisotopic (exact) mass is 308 g/mol. The molecule has 1 unspecified atom stereocenters. The largest absolute Gasteiger partial charge is 0.509 e. The smallest absolute Gasteiger partial charge is 0.429 e. The summed E-state index contributed by atoms with van der Waals surface area (Å²) in [6, 6.07) is 0. The van der Waals surface area contributed by atoms with Gasteiger partial charge in [0.1, 0.15) is 5.60 Å². The van der Waals surface area contributed by atoms with Crippen LogP contribution in [0.4, 0.5) is 31.1 Å². The molecule has 0 N–H and O–H groups in total. The zero-order chi connectivity index (χ0) is 16.0. The molecular formula is C11H14F6O3. The van der Waals surface area contributed by atoms with Crippen molar-refractivity contribution in [3.8, 4) is 0 Å². The number of hydrogen-bond donors (Lipinski definition) is 0. The molecule has 1 rings (SSSR count). The van der Waals surface area contributed by atoms with Crippen molar-refractivity contribution in [1.82, 2.24) is 0 Å². The molecule has 0 spiro atoms. The van der Waals surface area contributed by atoms with Crippen LogP contribution in [0.1, 0.15) is 33.6 Å². The molecule has 0 aromatic carbocycles. The molecule has 1 aliphatic carbocycles. The highest BCUT2D eigenvalue weighted by Crippen LogP contribution is 2.54. The van der Waals surface area contributed by atoms with Gasteiger partial charge in [0.2, 0.25) is 0 Å². The van der Waals surface area contributed by atoms with Gasteiger partial charge >= 0.3 is 23.9 Å². The van der Waals surface area contributed by atoms with E-state index in [2.05, 4.69) is 9.47 Å². The normalized spacial score (nSPS) is 27.8. The predicted molar refractivity (Wildman–Crippen MR) is 55.2 cm³/mol. The first-order chi connectivity index (χ1) is 8.71. The van der Waals surface area contributed by atoms with Crippen molar-refractivity contribution in [2.75, 3.05) is 0 Å². The number of hydrogen-bond acceptors (Lipinski definition) is 3. The van der Waals surface area contributed by atoms with Crippen molar-refractivity contribution in [1.29, 1.82) is 0 Å². The molecule has 0 bridgehead atoms. The Labute approximate surface area is 111 Å². The topological polar surface area (TPSA) is 35.5 Å². The van der Waals surface area contributed by atoms with E-state index in [1.165, 1.54) is 20.8 Å². The third-order valence-electron chi connectivity index (χ3n) is 2.63. The van der Waals surface area contributed by atoms with E-state index in [4.69, 9.17) is 0 Å². The van der Waals surface area contributed by atoms with E-state index < -0.39 is 48.5 Å². The number of ether oxygens (including phenoxy) is 2. The molecule has 1 saturated carbocycles. The van der Waals surface area contributed by atoms with Crippen LogP contribution in [-0.2, 0) is 9.47 Å². The highest BCUT2D eigenvalue weighted by Gasteiger charge is 2.77. The van der Waals surface area contributed by atoms with Crippen LogP contribution in [-0.4, -0.2) is 35.6 Å². The lowest BCUT2D eigenvalue weighted by Gasteiger charge is -2.41. The average Bonchev–Trinajstić information content (AvgIpc) is 2.19. The second-order valence-corrected chi connectivity index (χ2v) is 5.51. The van der Waals surface area contributed by atoms with E-state index in [-0.39, 0.29) is 0 Å². The van der Waals surface area contributed by atoms with Crippen LogP contribution >= 0.6 is 0 Å². The van der Waals surface area contributed by atoms with Gasteiger partial charge in [0.25, 0.3) is 0 Å². The van der Waals surface area contributed by atoms with Crippen molar-refractivity contribution in [2.45, 2.75) is 63.1 Å². The van der Waals surface area contributed by atoms with Gasteiger partial charge in [0.15, 0.2) is 6.10 Å². The van der Waals surface area contributed by atoms with Crippen LogP contribution in [0, 0.1) is 0 Å². The number of rotatable bonds is 1. The Hall–Kier alpha value is -1.15. The molecule has 1 fully saturated rings. The fourth-order valence-electron chi connectivity index (χ4n) is 1.62. The Morgan fingerprint density at radius 1 is 1.10 bits per heavy atom. The molecule has 0 aromatic rings. The highest BCUT2D eigenvalue weighted by atomic mass is 19.3. The molecule has 0 heterocycles. The highest BCUT2D eigenvalue weighted by molar-refractivity contribution is 5.61. The van der Waals surface area contributed by atoms with Crippen LogP contribution in [0.25, 0.3) is 0 Å². The second kappa shape index (κ2) is 4.70. The summed E-state index contributed by atoms with van der Waals surface area (Å²) in [6.07, 6.45) is -6.87. The summed E-state index contributed by atoms with van der Waals surface area (Å²) >= 11 is 0. The minimum absolute atomic E-state index is 1.09. The van der Waals surface area contributed by atoms with E-state index in [1.807, 2.05) is 0 Å². The molecule has 0 amide bonds. The first-order valence-electron chi connectivity index (χ1n) is 5.74. The first kappa shape index (κ1) is 16.9. The third kappa shape index (κ3) is 2.95. The van der Waals surface area contributed by atoms with E-state index in [1.54, 1.807) is 0 Å². The van der Waals surface area contributed by atoms with Crippen molar-refractivity contribution < 1.29 is 40.6 Å². The van der Waals surface area contributed by atoms with Gasteiger partial charge in [0.05, 0.1) is 0 Å². The van der Waals surface area contributed by atoms with Crippen molar-refractivity contribution in [2.24, 2.45) is 0 Å². The van der Waals surface area contributed by atoms with Crippen LogP contribution in [0.5, 0.6) is 0 Å². The van der Waals surface area contributed by atoms with E-state index in [0.717, 1.165) is 0 Å². The zero-order valence-electron chi connectivity index (χ0n) is 11.0. The van der Waals surface area contributed by atoms with E-state index in [0.29, 0.717) is 0 Å². The molecule has 0 aliphatic heterocycles. The molecule has 20 heavy (non-hydrogen) atoms. The van der Waals surface area contributed by atoms with Gasteiger partial charge in [-0.2, -0.15) is 26.3 Å². The number of alkyl halides is 6. The zero-order valence-corrected chi connectivity index (χ0v) is 11.0. The van der Waals surface area contributed by atoms with Crippen LogP contribution in [0.15, 0.2) is 0 Å². The lowest BCUT2D eigenvalue weighted by molar-refractivity contribution is -0.354. The van der Waals surface area contributed by atoms with E-state index >= 15 is 0 Å². The molecular weight excluding hydrogens is 294 g/mol. The Kier molecular flexibility index (Phi) is 3.97. The fourth-order valence-corrected chi connectivity index (χ4v) is 1.62. The predicted octanol–water partition coefficient (Wildman–Crippen LogP) is 4.01. The van der Waals surface area contributed by atoms with Gasteiger partial charge in [-0.15, -0.1) is 0 Å². The van der Waals surface area contributed by atoms with Gasteiger partial charge in [-0.05, 0) is 27.2 Å². The van der Waals surface area contributed by atoms with Crippen molar-refractivity contribution in [3.63, 3.8) is 0 Å². The quantitative estimate of drug-likeness (QED) is 0.542. The molecule has 9 heteroatoms. The molecule has 0 saturated heterocycles. The third-order valence-corrected chi connectivity index (χ3v) is 2.63. The van der Waals surface area contributed by atoms with Crippen molar-refractivity contribution in [3.05, 3.63) is 0 Å². The summed E-state index contributed by atoms with van der Waals surface area (Å²) in [5.74, 6) is -15.6. The van der Waals surface area contributed by atoms with Crippen LogP contribution in [0.3, 0.4) is 0 Å². The summed E-state index contributed by atoms with van der Waals surface area (Å²) in [7, 11) is 0. The van der Waals surface area contributed by atoms with Gasteiger partial charge in [-0.1, -0.05) is 0 Å². The summed E-state index contributed by atoms with van der Waals surface area (Å²) in [5, 5.41) is 0.